The van der Waals surface area contributed by atoms with Crippen LogP contribution in [0.2, 0.25) is 0 Å². The summed E-state index contributed by atoms with van der Waals surface area (Å²) < 4.78 is 0. The molecule has 4 heteroatoms. The van der Waals surface area contributed by atoms with E-state index in [0.717, 1.165) is 22.3 Å². The first kappa shape index (κ1) is 24.2. The van der Waals surface area contributed by atoms with Crippen LogP contribution in [0.4, 0.5) is 0 Å². The fourth-order valence-electron chi connectivity index (χ4n) is 4.51. The molecule has 0 fully saturated rings. The van der Waals surface area contributed by atoms with E-state index >= 15 is 0 Å². The Morgan fingerprint density at radius 3 is 2.23 bits per heavy atom. The van der Waals surface area contributed by atoms with E-state index in [2.05, 4.69) is 29.6 Å². The number of rotatable bonds is 9. The number of carbonyl (C=O) groups is 2. The lowest BCUT2D eigenvalue weighted by atomic mass is 9.99. The lowest BCUT2D eigenvalue weighted by Crippen LogP contribution is -2.49. The Labute approximate surface area is 207 Å². The zero-order chi connectivity index (χ0) is 24.6. The second-order valence-electron chi connectivity index (χ2n) is 8.97. The van der Waals surface area contributed by atoms with Crippen molar-refractivity contribution in [3.05, 3.63) is 119 Å². The zero-order valence-corrected chi connectivity index (χ0v) is 20.4. The quantitative estimate of drug-likeness (QED) is 0.357. The van der Waals surface area contributed by atoms with Gasteiger partial charge in [-0.25, -0.2) is 0 Å². The molecule has 0 aromatic heterocycles. The van der Waals surface area contributed by atoms with E-state index in [9.17, 15) is 9.59 Å². The van der Waals surface area contributed by atoms with Gasteiger partial charge < -0.3 is 10.2 Å². The van der Waals surface area contributed by atoms with Gasteiger partial charge in [-0.15, -0.1) is 0 Å². The Kier molecular flexibility index (Phi) is 7.94. The van der Waals surface area contributed by atoms with Crippen molar-refractivity contribution in [2.24, 2.45) is 0 Å². The third-order valence-electron chi connectivity index (χ3n) is 6.48. The average molecular weight is 465 g/mol. The van der Waals surface area contributed by atoms with Gasteiger partial charge in [0.1, 0.15) is 6.04 Å². The number of carbonyl (C=O) groups excluding carboxylic acids is 2. The first-order valence-electron chi connectivity index (χ1n) is 12.1. The van der Waals surface area contributed by atoms with E-state index in [0.29, 0.717) is 25.8 Å². The fourth-order valence-corrected chi connectivity index (χ4v) is 4.51. The third kappa shape index (κ3) is 6.15. The molecule has 0 saturated heterocycles. The standard InChI is InChI=1S/C31H32N2O2/c1-23-15-17-25(18-16-23)22-33(29(31(35)32-2)21-24-9-4-3-5-10-24)30(34)20-19-27-13-8-12-26-11-6-7-14-28(26)27/h3-18,29H,19-22H2,1-2H3,(H,32,35)/t29-/m0/s1. The van der Waals surface area contributed by atoms with E-state index in [-0.39, 0.29) is 11.8 Å². The molecule has 2 amide bonds. The highest BCUT2D eigenvalue weighted by Crippen LogP contribution is 2.22. The van der Waals surface area contributed by atoms with E-state index in [4.69, 9.17) is 0 Å². The second kappa shape index (κ2) is 11.5. The summed E-state index contributed by atoms with van der Waals surface area (Å²) in [5.41, 5.74) is 4.34. The molecule has 0 aliphatic carbocycles. The van der Waals surface area contributed by atoms with Crippen LogP contribution in [-0.2, 0) is 29.0 Å². The summed E-state index contributed by atoms with van der Waals surface area (Å²) in [6.45, 7) is 2.43. The van der Waals surface area contributed by atoms with Crippen LogP contribution in [0.3, 0.4) is 0 Å². The maximum Gasteiger partial charge on any atom is 0.242 e. The van der Waals surface area contributed by atoms with Gasteiger partial charge in [0.2, 0.25) is 11.8 Å². The van der Waals surface area contributed by atoms with Gasteiger partial charge >= 0.3 is 0 Å². The number of hydrogen-bond acceptors (Lipinski definition) is 2. The smallest absolute Gasteiger partial charge is 0.242 e. The molecule has 178 valence electrons. The number of likely N-dealkylation sites (N-methyl/N-ethyl adjacent to an activating group) is 1. The molecule has 0 bridgehead atoms. The van der Waals surface area contributed by atoms with Crippen molar-refractivity contribution < 1.29 is 9.59 Å². The maximum atomic E-state index is 13.7. The van der Waals surface area contributed by atoms with Gasteiger partial charge in [0.25, 0.3) is 0 Å². The van der Waals surface area contributed by atoms with Crippen LogP contribution in [0.25, 0.3) is 10.8 Å². The van der Waals surface area contributed by atoms with Crippen LogP contribution in [0.5, 0.6) is 0 Å². The number of amides is 2. The number of aryl methyl sites for hydroxylation is 2. The molecule has 4 rings (SSSR count). The van der Waals surface area contributed by atoms with Gasteiger partial charge in [-0.2, -0.15) is 0 Å². The minimum absolute atomic E-state index is 0.0250. The van der Waals surface area contributed by atoms with Crippen LogP contribution in [0.15, 0.2) is 97.1 Å². The highest BCUT2D eigenvalue weighted by molar-refractivity contribution is 5.89. The first-order chi connectivity index (χ1) is 17.0. The summed E-state index contributed by atoms with van der Waals surface area (Å²) in [4.78, 5) is 28.5. The molecule has 0 radical (unpaired) electrons. The van der Waals surface area contributed by atoms with Crippen LogP contribution in [0, 0.1) is 6.92 Å². The fraction of sp³-hybridized carbons (Fsp3) is 0.226. The Bertz CT molecular complexity index is 1280. The molecule has 4 aromatic carbocycles. The molecule has 1 N–H and O–H groups in total. The minimum Gasteiger partial charge on any atom is -0.357 e. The lowest BCUT2D eigenvalue weighted by molar-refractivity contribution is -0.141. The number of hydrogen-bond donors (Lipinski definition) is 1. The SMILES string of the molecule is CNC(=O)[C@H](Cc1ccccc1)N(Cc1ccc(C)cc1)C(=O)CCc1cccc2ccccc12. The minimum atomic E-state index is -0.594. The van der Waals surface area contributed by atoms with Crippen molar-refractivity contribution in [1.29, 1.82) is 0 Å². The largest absolute Gasteiger partial charge is 0.357 e. The van der Waals surface area contributed by atoms with Crippen molar-refractivity contribution in [3.8, 4) is 0 Å². The monoisotopic (exact) mass is 464 g/mol. The lowest BCUT2D eigenvalue weighted by Gasteiger charge is -2.31. The topological polar surface area (TPSA) is 49.4 Å². The summed E-state index contributed by atoms with van der Waals surface area (Å²) >= 11 is 0. The Morgan fingerprint density at radius 2 is 1.49 bits per heavy atom. The number of nitrogens with zero attached hydrogens (tertiary/aromatic N) is 1. The van der Waals surface area contributed by atoms with E-state index < -0.39 is 6.04 Å². The van der Waals surface area contributed by atoms with Gasteiger partial charge in [-0.1, -0.05) is 103 Å². The summed E-state index contributed by atoms with van der Waals surface area (Å²) in [6.07, 6.45) is 1.42. The zero-order valence-electron chi connectivity index (χ0n) is 20.4. The number of fused-ring (bicyclic) bond motifs is 1. The number of benzene rings is 4. The van der Waals surface area contributed by atoms with Crippen molar-refractivity contribution >= 4 is 22.6 Å². The van der Waals surface area contributed by atoms with Gasteiger partial charge in [-0.3, -0.25) is 9.59 Å². The molecular weight excluding hydrogens is 432 g/mol. The highest BCUT2D eigenvalue weighted by atomic mass is 16.2. The summed E-state index contributed by atoms with van der Waals surface area (Å²) in [7, 11) is 1.63. The molecule has 0 unspecified atom stereocenters. The van der Waals surface area contributed by atoms with Gasteiger partial charge in [0.15, 0.2) is 0 Å². The molecule has 0 saturated carbocycles. The molecule has 4 aromatic rings. The van der Waals surface area contributed by atoms with Crippen molar-refractivity contribution in [2.75, 3.05) is 7.05 Å². The summed E-state index contributed by atoms with van der Waals surface area (Å²) in [5.74, 6) is -0.178. The molecule has 0 spiro atoms. The molecule has 0 heterocycles. The normalized spacial score (nSPS) is 11.7. The van der Waals surface area contributed by atoms with Crippen LogP contribution >= 0.6 is 0 Å². The molecule has 35 heavy (non-hydrogen) atoms. The van der Waals surface area contributed by atoms with Gasteiger partial charge in [0, 0.05) is 26.4 Å². The van der Waals surface area contributed by atoms with Gasteiger partial charge in [-0.05, 0) is 40.8 Å². The Morgan fingerprint density at radius 1 is 0.800 bits per heavy atom. The van der Waals surface area contributed by atoms with Crippen molar-refractivity contribution in [3.63, 3.8) is 0 Å². The first-order valence-corrected chi connectivity index (χ1v) is 12.1. The van der Waals surface area contributed by atoms with E-state index in [1.54, 1.807) is 11.9 Å². The summed E-state index contributed by atoms with van der Waals surface area (Å²) in [5, 5.41) is 5.12. The van der Waals surface area contributed by atoms with Crippen molar-refractivity contribution in [1.82, 2.24) is 10.2 Å². The van der Waals surface area contributed by atoms with Gasteiger partial charge in [0.05, 0.1) is 0 Å². The highest BCUT2D eigenvalue weighted by Gasteiger charge is 2.29. The average Bonchev–Trinajstić information content (AvgIpc) is 2.90. The molecule has 0 aliphatic heterocycles. The van der Waals surface area contributed by atoms with E-state index in [1.165, 1.54) is 10.8 Å². The van der Waals surface area contributed by atoms with Crippen LogP contribution < -0.4 is 5.32 Å². The molecule has 4 nitrogen and oxygen atoms in total. The van der Waals surface area contributed by atoms with Crippen molar-refractivity contribution in [2.45, 2.75) is 38.8 Å². The van der Waals surface area contributed by atoms with Crippen LogP contribution in [-0.4, -0.2) is 29.8 Å². The predicted molar refractivity (Wildman–Crippen MR) is 142 cm³/mol. The molecular formula is C31H32N2O2. The predicted octanol–water partition coefficient (Wildman–Crippen LogP) is 5.47. The second-order valence-corrected chi connectivity index (χ2v) is 8.97. The van der Waals surface area contributed by atoms with Crippen LogP contribution in [0.1, 0.15) is 28.7 Å². The number of nitrogens with one attached hydrogen (secondary N) is 1. The Balaban J connectivity index is 1.61. The maximum absolute atomic E-state index is 13.7. The summed E-state index contributed by atoms with van der Waals surface area (Å²) in [6, 6.07) is 31.9. The molecule has 1 atom stereocenters. The molecule has 0 aliphatic rings. The third-order valence-corrected chi connectivity index (χ3v) is 6.48. The Hall–Kier alpha value is -3.92. The van der Waals surface area contributed by atoms with E-state index in [1.807, 2.05) is 79.7 Å².